The number of aliphatic hydroxyl groups is 1. The largest absolute Gasteiger partial charge is 0.393 e. The van der Waals surface area contributed by atoms with Crippen LogP contribution in [0.15, 0.2) is 0 Å². The molecule has 0 heterocycles. The molecule has 1 N–H and O–H groups in total. The summed E-state index contributed by atoms with van der Waals surface area (Å²) in [5.41, 5.74) is 0. The molecule has 0 fully saturated rings. The normalized spacial score (nSPS) is 11.7. The smallest absolute Gasteiger partial charge is 0.0509 e. The van der Waals surface area contributed by atoms with Crippen LogP contribution in [-0.2, 0) is 4.74 Å². The zero-order valence-electron chi connectivity index (χ0n) is 8.26. The standard InChI is InChI=1S/C5H12O.C4H10O/c1-3-5-6-4-2;1-3-4(2)5/h3-5H2,1-2H3;4-5H,3H2,1-2H3. The van der Waals surface area contributed by atoms with Gasteiger partial charge in [-0.05, 0) is 26.7 Å². The molecule has 0 spiro atoms. The lowest BCUT2D eigenvalue weighted by atomic mass is 10.3. The fraction of sp³-hybridized carbons (Fsp3) is 1.00. The van der Waals surface area contributed by atoms with Gasteiger partial charge in [0.2, 0.25) is 0 Å². The van der Waals surface area contributed by atoms with Crippen molar-refractivity contribution in [3.05, 3.63) is 0 Å². The van der Waals surface area contributed by atoms with Crippen molar-refractivity contribution in [1.29, 1.82) is 0 Å². The van der Waals surface area contributed by atoms with E-state index in [1.54, 1.807) is 6.92 Å². The van der Waals surface area contributed by atoms with Gasteiger partial charge in [-0.3, -0.25) is 0 Å². The minimum Gasteiger partial charge on any atom is -0.393 e. The Hall–Kier alpha value is -0.0800. The monoisotopic (exact) mass is 162 g/mol. The van der Waals surface area contributed by atoms with Crippen LogP contribution in [0.3, 0.4) is 0 Å². The minimum atomic E-state index is -0.116. The van der Waals surface area contributed by atoms with Crippen molar-refractivity contribution in [1.82, 2.24) is 0 Å². The summed E-state index contributed by atoms with van der Waals surface area (Å²) in [7, 11) is 0. The minimum absolute atomic E-state index is 0.116. The Balaban J connectivity index is 0. The average molecular weight is 162 g/mol. The summed E-state index contributed by atoms with van der Waals surface area (Å²) in [4.78, 5) is 0. The summed E-state index contributed by atoms with van der Waals surface area (Å²) < 4.78 is 4.98. The second kappa shape index (κ2) is 12.6. The molecule has 0 aromatic heterocycles. The van der Waals surface area contributed by atoms with E-state index in [1.165, 1.54) is 0 Å². The summed E-state index contributed by atoms with van der Waals surface area (Å²) in [6.07, 6.45) is 1.88. The first-order chi connectivity index (χ1) is 5.18. The summed E-state index contributed by atoms with van der Waals surface area (Å²) in [5, 5.41) is 8.36. The van der Waals surface area contributed by atoms with Gasteiger partial charge in [0.15, 0.2) is 0 Å². The molecule has 1 unspecified atom stereocenters. The molecule has 11 heavy (non-hydrogen) atoms. The van der Waals surface area contributed by atoms with Gasteiger partial charge < -0.3 is 9.84 Å². The molecule has 70 valence electrons. The molecule has 0 aromatic rings. The lowest BCUT2D eigenvalue weighted by Crippen LogP contribution is -1.93. The van der Waals surface area contributed by atoms with Gasteiger partial charge in [-0.1, -0.05) is 13.8 Å². The molecule has 1 atom stereocenters. The second-order valence-electron chi connectivity index (χ2n) is 2.45. The van der Waals surface area contributed by atoms with Crippen LogP contribution in [0, 0.1) is 0 Å². The topological polar surface area (TPSA) is 29.5 Å². The Kier molecular flexibility index (Phi) is 15.4. The molecular weight excluding hydrogens is 140 g/mol. The SMILES string of the molecule is CCC(C)O.CCCOCC. The number of rotatable bonds is 4. The van der Waals surface area contributed by atoms with E-state index in [2.05, 4.69) is 6.92 Å². The number of hydrogen-bond donors (Lipinski definition) is 1. The van der Waals surface area contributed by atoms with E-state index >= 15 is 0 Å². The van der Waals surface area contributed by atoms with Crippen molar-refractivity contribution >= 4 is 0 Å². The molecule has 0 amide bonds. The predicted molar refractivity (Wildman–Crippen MR) is 48.8 cm³/mol. The van der Waals surface area contributed by atoms with Crippen LogP contribution in [0.1, 0.15) is 40.5 Å². The lowest BCUT2D eigenvalue weighted by molar-refractivity contribution is 0.148. The van der Waals surface area contributed by atoms with E-state index in [4.69, 9.17) is 9.84 Å². The summed E-state index contributed by atoms with van der Waals surface area (Å²) >= 11 is 0. The fourth-order valence-corrected chi connectivity index (χ4v) is 0.289. The van der Waals surface area contributed by atoms with Crippen molar-refractivity contribution in [2.75, 3.05) is 13.2 Å². The van der Waals surface area contributed by atoms with Crippen LogP contribution >= 0.6 is 0 Å². The third-order valence-electron chi connectivity index (χ3n) is 1.14. The van der Waals surface area contributed by atoms with Crippen LogP contribution in [0.5, 0.6) is 0 Å². The molecule has 0 aromatic carbocycles. The van der Waals surface area contributed by atoms with Crippen LogP contribution in [-0.4, -0.2) is 24.4 Å². The first-order valence-corrected chi connectivity index (χ1v) is 4.44. The maximum atomic E-state index is 8.36. The zero-order chi connectivity index (χ0) is 9.11. The Morgan fingerprint density at radius 3 is 1.82 bits per heavy atom. The lowest BCUT2D eigenvalue weighted by Gasteiger charge is -1.91. The molecular formula is C9H22O2. The molecule has 0 bridgehead atoms. The van der Waals surface area contributed by atoms with Gasteiger partial charge in [0.1, 0.15) is 0 Å². The third-order valence-corrected chi connectivity index (χ3v) is 1.14. The van der Waals surface area contributed by atoms with Crippen LogP contribution in [0.4, 0.5) is 0 Å². The molecule has 0 aliphatic heterocycles. The third kappa shape index (κ3) is 25.7. The maximum Gasteiger partial charge on any atom is 0.0509 e. The van der Waals surface area contributed by atoms with Gasteiger partial charge in [-0.15, -0.1) is 0 Å². The Labute approximate surface area is 70.6 Å². The first-order valence-electron chi connectivity index (χ1n) is 4.44. The van der Waals surface area contributed by atoms with E-state index in [0.29, 0.717) is 0 Å². The van der Waals surface area contributed by atoms with Gasteiger partial charge in [0.25, 0.3) is 0 Å². The van der Waals surface area contributed by atoms with Crippen molar-refractivity contribution in [3.63, 3.8) is 0 Å². The Morgan fingerprint density at radius 1 is 1.27 bits per heavy atom. The highest BCUT2D eigenvalue weighted by molar-refractivity contribution is 4.34. The molecule has 0 saturated heterocycles. The van der Waals surface area contributed by atoms with Crippen LogP contribution in [0.2, 0.25) is 0 Å². The molecule has 2 nitrogen and oxygen atoms in total. The molecule has 0 aliphatic carbocycles. The van der Waals surface area contributed by atoms with Gasteiger partial charge in [0.05, 0.1) is 6.10 Å². The number of hydrogen-bond acceptors (Lipinski definition) is 2. The first kappa shape index (κ1) is 13.5. The van der Waals surface area contributed by atoms with Crippen LogP contribution in [0.25, 0.3) is 0 Å². The Morgan fingerprint density at radius 2 is 1.73 bits per heavy atom. The predicted octanol–water partition coefficient (Wildman–Crippen LogP) is 2.21. The van der Waals surface area contributed by atoms with Crippen molar-refractivity contribution in [2.45, 2.75) is 46.6 Å². The van der Waals surface area contributed by atoms with E-state index in [-0.39, 0.29) is 6.10 Å². The second-order valence-corrected chi connectivity index (χ2v) is 2.45. The highest BCUT2D eigenvalue weighted by Crippen LogP contribution is 1.81. The fourth-order valence-electron chi connectivity index (χ4n) is 0.289. The van der Waals surface area contributed by atoms with Gasteiger partial charge in [0, 0.05) is 13.2 Å². The molecule has 2 heteroatoms. The summed E-state index contributed by atoms with van der Waals surface area (Å²) in [6.45, 7) is 9.61. The summed E-state index contributed by atoms with van der Waals surface area (Å²) in [6, 6.07) is 0. The van der Waals surface area contributed by atoms with Gasteiger partial charge >= 0.3 is 0 Å². The van der Waals surface area contributed by atoms with Crippen molar-refractivity contribution in [2.24, 2.45) is 0 Å². The van der Waals surface area contributed by atoms with E-state index < -0.39 is 0 Å². The molecule has 0 radical (unpaired) electrons. The molecule has 0 rings (SSSR count). The quantitative estimate of drug-likeness (QED) is 0.642. The van der Waals surface area contributed by atoms with Gasteiger partial charge in [-0.25, -0.2) is 0 Å². The van der Waals surface area contributed by atoms with Crippen molar-refractivity contribution in [3.8, 4) is 0 Å². The maximum absolute atomic E-state index is 8.36. The van der Waals surface area contributed by atoms with Gasteiger partial charge in [-0.2, -0.15) is 0 Å². The summed E-state index contributed by atoms with van der Waals surface area (Å²) in [5.74, 6) is 0. The zero-order valence-corrected chi connectivity index (χ0v) is 8.26. The van der Waals surface area contributed by atoms with Crippen molar-refractivity contribution < 1.29 is 9.84 Å². The average Bonchev–Trinajstić information content (AvgIpc) is 2.02. The molecule has 0 aliphatic rings. The number of ether oxygens (including phenoxy) is 1. The highest BCUT2D eigenvalue weighted by Gasteiger charge is 1.81. The van der Waals surface area contributed by atoms with E-state index in [1.807, 2.05) is 13.8 Å². The highest BCUT2D eigenvalue weighted by atomic mass is 16.5. The van der Waals surface area contributed by atoms with E-state index in [9.17, 15) is 0 Å². The Bertz CT molecular complexity index is 49.5. The molecule has 0 saturated carbocycles. The van der Waals surface area contributed by atoms with Crippen LogP contribution < -0.4 is 0 Å². The number of aliphatic hydroxyl groups excluding tert-OH is 1. The van der Waals surface area contributed by atoms with E-state index in [0.717, 1.165) is 26.1 Å².